The fourth-order valence-corrected chi connectivity index (χ4v) is 6.01. The summed E-state index contributed by atoms with van der Waals surface area (Å²) in [5, 5.41) is 10.6. The molecule has 1 aliphatic rings. The van der Waals surface area contributed by atoms with Crippen molar-refractivity contribution in [3.8, 4) is 0 Å². The molecule has 1 atom stereocenters. The maximum absolute atomic E-state index is 13.7. The second-order valence-electron chi connectivity index (χ2n) is 7.25. The number of rotatable bonds is 6. The molecule has 168 valence electrons. The zero-order valence-corrected chi connectivity index (χ0v) is 19.3. The van der Waals surface area contributed by atoms with Crippen LogP contribution < -0.4 is 5.32 Å². The van der Waals surface area contributed by atoms with E-state index in [0.717, 1.165) is 29.1 Å². The summed E-state index contributed by atoms with van der Waals surface area (Å²) < 4.78 is 41.0. The monoisotopic (exact) mass is 497 g/mol. The van der Waals surface area contributed by atoms with Crippen LogP contribution in [-0.2, 0) is 17.4 Å². The van der Waals surface area contributed by atoms with Gasteiger partial charge in [0.2, 0.25) is 0 Å². The van der Waals surface area contributed by atoms with E-state index < -0.39 is 11.7 Å². The molecule has 0 bridgehead atoms. The Kier molecular flexibility index (Phi) is 6.78. The van der Waals surface area contributed by atoms with Crippen molar-refractivity contribution in [1.29, 1.82) is 0 Å². The molecule has 3 aromatic rings. The van der Waals surface area contributed by atoms with Gasteiger partial charge in [-0.05, 0) is 59.6 Å². The van der Waals surface area contributed by atoms with Crippen molar-refractivity contribution in [2.45, 2.75) is 30.6 Å². The predicted octanol–water partition coefficient (Wildman–Crippen LogP) is 6.48. The normalized spacial score (nSPS) is 18.3. The average Bonchev–Trinajstić information content (AvgIpc) is 3.36. The summed E-state index contributed by atoms with van der Waals surface area (Å²) >= 11 is 8.82. The van der Waals surface area contributed by atoms with Gasteiger partial charge in [0.25, 0.3) is 5.91 Å². The number of hydrogen-bond acceptors (Lipinski definition) is 4. The van der Waals surface area contributed by atoms with Gasteiger partial charge in [-0.2, -0.15) is 18.3 Å². The van der Waals surface area contributed by atoms with Crippen LogP contribution in [-0.4, -0.2) is 26.6 Å². The highest BCUT2D eigenvalue weighted by molar-refractivity contribution is 8.19. The summed E-state index contributed by atoms with van der Waals surface area (Å²) in [7, 11) is 0. The molecule has 10 heteroatoms. The first-order valence-electron chi connectivity index (χ1n) is 9.87. The number of allylic oxidation sites excluding steroid dienone is 1. The number of hydrogen-bond donors (Lipinski definition) is 2. The number of aromatic nitrogens is 2. The van der Waals surface area contributed by atoms with Crippen LogP contribution in [0, 0.1) is 0 Å². The van der Waals surface area contributed by atoms with Crippen molar-refractivity contribution in [2.75, 3.05) is 5.75 Å². The molecule has 2 aromatic carbocycles. The van der Waals surface area contributed by atoms with Gasteiger partial charge in [-0.25, -0.2) is 0 Å². The van der Waals surface area contributed by atoms with E-state index in [1.807, 2.05) is 12.1 Å². The van der Waals surface area contributed by atoms with Crippen LogP contribution in [0.2, 0.25) is 5.02 Å². The number of alkyl halides is 3. The Morgan fingerprint density at radius 2 is 2.06 bits per heavy atom. The Hall–Kier alpha value is -2.10. The summed E-state index contributed by atoms with van der Waals surface area (Å²) in [5.74, 6) is 0.602. The molecule has 0 saturated carbocycles. The number of fused-ring (bicyclic) bond motifs is 1. The van der Waals surface area contributed by atoms with Gasteiger partial charge < -0.3 is 5.32 Å². The Morgan fingerprint density at radius 1 is 1.25 bits per heavy atom. The zero-order valence-electron chi connectivity index (χ0n) is 16.9. The van der Waals surface area contributed by atoms with Crippen LogP contribution in [0.4, 0.5) is 13.2 Å². The third kappa shape index (κ3) is 4.94. The van der Waals surface area contributed by atoms with Gasteiger partial charge in [-0.1, -0.05) is 42.4 Å². The zero-order chi connectivity index (χ0) is 22.9. The van der Waals surface area contributed by atoms with Gasteiger partial charge in [0.05, 0.1) is 22.2 Å². The number of amides is 1. The molecular formula is C22H19ClF3N3OS2. The van der Waals surface area contributed by atoms with Gasteiger partial charge in [-0.3, -0.25) is 9.89 Å². The van der Waals surface area contributed by atoms with E-state index in [0.29, 0.717) is 16.0 Å². The molecule has 2 heterocycles. The molecule has 4 nitrogen and oxygen atoms in total. The number of carbonyl (C=O) groups excluding carboxylic acids is 1. The maximum atomic E-state index is 13.7. The molecule has 0 radical (unpaired) electrons. The summed E-state index contributed by atoms with van der Waals surface area (Å²) in [6, 6.07) is 9.20. The van der Waals surface area contributed by atoms with Crippen LogP contribution >= 0.6 is 35.1 Å². The first-order valence-corrected chi connectivity index (χ1v) is 12.2. The first kappa shape index (κ1) is 23.1. The van der Waals surface area contributed by atoms with Crippen molar-refractivity contribution < 1.29 is 18.0 Å². The van der Waals surface area contributed by atoms with Crippen LogP contribution in [0.1, 0.15) is 30.0 Å². The third-order valence-electron chi connectivity index (χ3n) is 4.96. The average molecular weight is 498 g/mol. The van der Waals surface area contributed by atoms with Crippen LogP contribution in [0.15, 0.2) is 47.5 Å². The maximum Gasteiger partial charge on any atom is 0.416 e. The third-order valence-corrected chi connectivity index (χ3v) is 7.96. The summed E-state index contributed by atoms with van der Waals surface area (Å²) in [5.41, 5.74) is 1.30. The highest BCUT2D eigenvalue weighted by Gasteiger charge is 2.35. The van der Waals surface area contributed by atoms with E-state index in [1.165, 1.54) is 23.9 Å². The Morgan fingerprint density at radius 3 is 2.81 bits per heavy atom. The summed E-state index contributed by atoms with van der Waals surface area (Å²) in [4.78, 5) is 13.3. The highest BCUT2D eigenvalue weighted by Crippen LogP contribution is 2.42. The number of nitrogens with zero attached hydrogens (tertiary/aromatic N) is 1. The highest BCUT2D eigenvalue weighted by atomic mass is 35.5. The lowest BCUT2D eigenvalue weighted by molar-refractivity contribution is -0.138. The minimum absolute atomic E-state index is 0.0131. The molecule has 2 N–H and O–H groups in total. The number of benzene rings is 2. The van der Waals surface area contributed by atoms with E-state index in [9.17, 15) is 18.0 Å². The molecule has 1 aliphatic heterocycles. The van der Waals surface area contributed by atoms with E-state index in [2.05, 4.69) is 22.4 Å². The Balaban J connectivity index is 1.81. The molecular weight excluding hydrogens is 479 g/mol. The molecule has 1 fully saturated rings. The van der Waals surface area contributed by atoms with Crippen LogP contribution in [0.3, 0.4) is 0 Å². The summed E-state index contributed by atoms with van der Waals surface area (Å²) in [6.45, 7) is 2.05. The Bertz CT molecular complexity index is 1190. The fourth-order valence-electron chi connectivity index (χ4n) is 3.47. The largest absolute Gasteiger partial charge is 0.416 e. The minimum Gasteiger partial charge on any atom is -0.331 e. The van der Waals surface area contributed by atoms with Crippen LogP contribution in [0.25, 0.3) is 16.5 Å². The predicted molar refractivity (Wildman–Crippen MR) is 125 cm³/mol. The minimum atomic E-state index is -4.56. The van der Waals surface area contributed by atoms with Crippen molar-refractivity contribution in [1.82, 2.24) is 15.5 Å². The molecule has 1 saturated heterocycles. The van der Waals surface area contributed by atoms with E-state index in [1.54, 1.807) is 24.0 Å². The van der Waals surface area contributed by atoms with Crippen molar-refractivity contribution in [3.05, 3.63) is 69.2 Å². The lowest BCUT2D eigenvalue weighted by atomic mass is 9.93. The number of H-pyrrole nitrogens is 1. The van der Waals surface area contributed by atoms with Crippen molar-refractivity contribution in [3.63, 3.8) is 0 Å². The van der Waals surface area contributed by atoms with E-state index in [-0.39, 0.29) is 27.6 Å². The van der Waals surface area contributed by atoms with Gasteiger partial charge in [0, 0.05) is 10.4 Å². The smallest absolute Gasteiger partial charge is 0.331 e. The lowest BCUT2D eigenvalue weighted by Crippen LogP contribution is -2.22. The molecule has 1 aromatic heterocycles. The molecule has 32 heavy (non-hydrogen) atoms. The topological polar surface area (TPSA) is 57.8 Å². The molecule has 0 aliphatic carbocycles. The molecule has 4 rings (SSSR count). The first-order chi connectivity index (χ1) is 15.3. The quantitative estimate of drug-likeness (QED) is 0.383. The van der Waals surface area contributed by atoms with Gasteiger partial charge >= 0.3 is 6.18 Å². The molecule has 1 amide bonds. The van der Waals surface area contributed by atoms with Crippen LogP contribution in [0.5, 0.6) is 0 Å². The lowest BCUT2D eigenvalue weighted by Gasteiger charge is -2.16. The molecule has 1 unspecified atom stereocenters. The second-order valence-corrected chi connectivity index (χ2v) is 10.3. The Labute approximate surface area is 196 Å². The second kappa shape index (κ2) is 9.41. The fraction of sp³-hybridized carbons (Fsp3) is 0.273. The number of nitrogens with one attached hydrogen (secondary N) is 2. The number of halogens is 4. The van der Waals surface area contributed by atoms with E-state index in [4.69, 9.17) is 11.6 Å². The van der Waals surface area contributed by atoms with Gasteiger partial charge in [0.15, 0.2) is 0 Å². The number of thioether (sulfide) groups is 2. The van der Waals surface area contributed by atoms with Crippen molar-refractivity contribution in [2.24, 2.45) is 0 Å². The number of aromatic amines is 1. The molecule has 0 spiro atoms. The van der Waals surface area contributed by atoms with Crippen molar-refractivity contribution >= 4 is 57.5 Å². The number of carbonyl (C=O) groups is 1. The SMILES string of the molecule is CCCSC1NC(=O)C(=C(Cc2ccc(Cl)cc2C(F)(F)F)c2ccc3[nH]ncc3c2)S1. The van der Waals surface area contributed by atoms with Gasteiger partial charge in [0.1, 0.15) is 4.71 Å². The van der Waals surface area contributed by atoms with Gasteiger partial charge in [-0.15, -0.1) is 11.8 Å². The standard InChI is InChI=1S/C22H19ClF3N3OS2/c1-2-7-31-21-28-20(30)19(32-21)16(12-4-6-18-14(8-12)11-27-29-18)9-13-3-5-15(23)10-17(13)22(24,25)26/h3-6,8,10-11,21H,2,7,9H2,1H3,(H,27,29)(H,28,30). The van der Waals surface area contributed by atoms with E-state index >= 15 is 0 Å². The summed E-state index contributed by atoms with van der Waals surface area (Å²) in [6.07, 6.45) is -2.02.